The smallest absolute Gasteiger partial charge is 0.406 e. The first-order valence-electron chi connectivity index (χ1n) is 10.1. The summed E-state index contributed by atoms with van der Waals surface area (Å²) < 4.78 is 40.7. The summed E-state index contributed by atoms with van der Waals surface area (Å²) >= 11 is 0. The van der Waals surface area contributed by atoms with Crippen LogP contribution in [0.1, 0.15) is 47.3 Å². The Morgan fingerprint density at radius 3 is 2.35 bits per heavy atom. The minimum absolute atomic E-state index is 0.0919. The first-order valence-corrected chi connectivity index (χ1v) is 10.1. The third kappa shape index (κ3) is 6.23. The van der Waals surface area contributed by atoms with Crippen LogP contribution in [0.15, 0.2) is 48.5 Å². The summed E-state index contributed by atoms with van der Waals surface area (Å²) in [6.45, 7) is 4.65. The standard InChI is InChI=1S/C23H25F3N2O3/c1-15-5-7-18(8-6-15)22(30)28-13-3-4-19(14-28)21(29)27-16(2)17-9-11-20(12-10-17)31-23(24,25)26/h5-12,16,19H,3-4,13-14H2,1-2H3,(H,27,29). The molecule has 1 aliphatic heterocycles. The van der Waals surface area contributed by atoms with Crippen LogP contribution in [0.25, 0.3) is 0 Å². The molecule has 1 heterocycles. The summed E-state index contributed by atoms with van der Waals surface area (Å²) in [5.74, 6) is -0.916. The largest absolute Gasteiger partial charge is 0.573 e. The monoisotopic (exact) mass is 434 g/mol. The molecule has 31 heavy (non-hydrogen) atoms. The van der Waals surface area contributed by atoms with Gasteiger partial charge in [0, 0.05) is 18.7 Å². The van der Waals surface area contributed by atoms with E-state index in [9.17, 15) is 22.8 Å². The third-order valence-electron chi connectivity index (χ3n) is 5.35. The number of rotatable bonds is 5. The molecule has 3 rings (SSSR count). The lowest BCUT2D eigenvalue weighted by Crippen LogP contribution is -2.45. The molecule has 0 radical (unpaired) electrons. The zero-order valence-corrected chi connectivity index (χ0v) is 17.4. The molecular formula is C23H25F3N2O3. The van der Waals surface area contributed by atoms with Crippen molar-refractivity contribution >= 4 is 11.8 Å². The van der Waals surface area contributed by atoms with E-state index in [1.54, 1.807) is 24.0 Å². The molecule has 0 saturated carbocycles. The number of benzene rings is 2. The van der Waals surface area contributed by atoms with E-state index in [4.69, 9.17) is 0 Å². The SMILES string of the molecule is Cc1ccc(C(=O)N2CCCC(C(=O)NC(C)c3ccc(OC(F)(F)F)cc3)C2)cc1. The Morgan fingerprint density at radius 1 is 1.10 bits per heavy atom. The number of ether oxygens (including phenoxy) is 1. The number of nitrogens with zero attached hydrogens (tertiary/aromatic N) is 1. The second-order valence-electron chi connectivity index (χ2n) is 7.80. The van der Waals surface area contributed by atoms with Crippen LogP contribution in [0.5, 0.6) is 5.75 Å². The van der Waals surface area contributed by atoms with Crippen molar-refractivity contribution in [3.8, 4) is 5.75 Å². The molecule has 5 nitrogen and oxygen atoms in total. The molecule has 2 amide bonds. The van der Waals surface area contributed by atoms with Crippen LogP contribution in [0.4, 0.5) is 13.2 Å². The number of carbonyl (C=O) groups is 2. The maximum atomic E-state index is 12.8. The first-order chi connectivity index (χ1) is 14.6. The predicted molar refractivity (Wildman–Crippen MR) is 109 cm³/mol. The lowest BCUT2D eigenvalue weighted by molar-refractivity contribution is -0.274. The van der Waals surface area contributed by atoms with Gasteiger partial charge in [0.15, 0.2) is 0 Å². The maximum Gasteiger partial charge on any atom is 0.573 e. The number of alkyl halides is 3. The normalized spacial score (nSPS) is 17.7. The summed E-state index contributed by atoms with van der Waals surface area (Å²) in [7, 11) is 0. The van der Waals surface area contributed by atoms with Gasteiger partial charge in [-0.3, -0.25) is 9.59 Å². The number of likely N-dealkylation sites (tertiary alicyclic amines) is 1. The van der Waals surface area contributed by atoms with E-state index in [-0.39, 0.29) is 23.5 Å². The van der Waals surface area contributed by atoms with E-state index in [0.29, 0.717) is 30.6 Å². The molecule has 1 saturated heterocycles. The van der Waals surface area contributed by atoms with E-state index < -0.39 is 12.4 Å². The van der Waals surface area contributed by atoms with Gasteiger partial charge in [-0.1, -0.05) is 29.8 Å². The molecule has 8 heteroatoms. The maximum absolute atomic E-state index is 12.8. The summed E-state index contributed by atoms with van der Waals surface area (Å²) in [5.41, 5.74) is 2.33. The highest BCUT2D eigenvalue weighted by atomic mass is 19.4. The topological polar surface area (TPSA) is 58.6 Å². The Hall–Kier alpha value is -3.03. The van der Waals surface area contributed by atoms with Gasteiger partial charge in [-0.15, -0.1) is 13.2 Å². The van der Waals surface area contributed by atoms with E-state index in [1.807, 2.05) is 19.1 Å². The number of hydrogen-bond donors (Lipinski definition) is 1. The van der Waals surface area contributed by atoms with Crippen LogP contribution in [-0.4, -0.2) is 36.2 Å². The van der Waals surface area contributed by atoms with Crippen LogP contribution >= 0.6 is 0 Å². The number of nitrogens with one attached hydrogen (secondary N) is 1. The summed E-state index contributed by atoms with van der Waals surface area (Å²) in [6.07, 6.45) is -3.34. The fourth-order valence-electron chi connectivity index (χ4n) is 3.63. The highest BCUT2D eigenvalue weighted by Crippen LogP contribution is 2.25. The quantitative estimate of drug-likeness (QED) is 0.747. The molecule has 1 aliphatic rings. The fraction of sp³-hybridized carbons (Fsp3) is 0.391. The minimum atomic E-state index is -4.75. The lowest BCUT2D eigenvalue weighted by atomic mass is 9.95. The van der Waals surface area contributed by atoms with Crippen molar-refractivity contribution in [3.63, 3.8) is 0 Å². The number of aryl methyl sites for hydroxylation is 1. The Bertz CT molecular complexity index is 911. The van der Waals surface area contributed by atoms with Crippen molar-refractivity contribution in [2.75, 3.05) is 13.1 Å². The number of carbonyl (C=O) groups excluding carboxylic acids is 2. The third-order valence-corrected chi connectivity index (χ3v) is 5.35. The van der Waals surface area contributed by atoms with Gasteiger partial charge >= 0.3 is 6.36 Å². The highest BCUT2D eigenvalue weighted by molar-refractivity contribution is 5.94. The fourth-order valence-corrected chi connectivity index (χ4v) is 3.63. The molecule has 1 N–H and O–H groups in total. The molecule has 2 unspecified atom stereocenters. The zero-order chi connectivity index (χ0) is 22.6. The van der Waals surface area contributed by atoms with Gasteiger partial charge in [0.1, 0.15) is 5.75 Å². The summed E-state index contributed by atoms with van der Waals surface area (Å²) in [5, 5.41) is 2.90. The summed E-state index contributed by atoms with van der Waals surface area (Å²) in [6, 6.07) is 12.4. The molecular weight excluding hydrogens is 409 g/mol. The van der Waals surface area contributed by atoms with Gasteiger partial charge in [-0.2, -0.15) is 0 Å². The Morgan fingerprint density at radius 2 is 1.74 bits per heavy atom. The predicted octanol–water partition coefficient (Wildman–Crippen LogP) is 4.62. The van der Waals surface area contributed by atoms with Crippen LogP contribution in [0, 0.1) is 12.8 Å². The Balaban J connectivity index is 1.58. The van der Waals surface area contributed by atoms with Gasteiger partial charge in [0.2, 0.25) is 5.91 Å². The van der Waals surface area contributed by atoms with E-state index in [2.05, 4.69) is 10.1 Å². The molecule has 0 aliphatic carbocycles. The van der Waals surface area contributed by atoms with Crippen molar-refractivity contribution in [2.24, 2.45) is 5.92 Å². The van der Waals surface area contributed by atoms with Crippen LogP contribution in [0.3, 0.4) is 0 Å². The zero-order valence-electron chi connectivity index (χ0n) is 17.4. The first kappa shape index (κ1) is 22.7. The van der Waals surface area contributed by atoms with Crippen molar-refractivity contribution in [2.45, 2.75) is 39.1 Å². The molecule has 2 aromatic carbocycles. The molecule has 0 spiro atoms. The molecule has 0 bridgehead atoms. The van der Waals surface area contributed by atoms with Crippen molar-refractivity contribution in [1.29, 1.82) is 0 Å². The number of halogens is 3. The van der Waals surface area contributed by atoms with Crippen LogP contribution < -0.4 is 10.1 Å². The van der Waals surface area contributed by atoms with Crippen molar-refractivity contribution < 1.29 is 27.5 Å². The van der Waals surface area contributed by atoms with Crippen LogP contribution in [-0.2, 0) is 4.79 Å². The van der Waals surface area contributed by atoms with E-state index >= 15 is 0 Å². The highest BCUT2D eigenvalue weighted by Gasteiger charge is 2.31. The molecule has 1 fully saturated rings. The molecule has 2 aromatic rings. The summed E-state index contributed by atoms with van der Waals surface area (Å²) in [4.78, 5) is 27.2. The Labute approximate surface area is 179 Å². The van der Waals surface area contributed by atoms with Gasteiger partial charge in [-0.05, 0) is 56.5 Å². The van der Waals surface area contributed by atoms with Crippen LogP contribution in [0.2, 0.25) is 0 Å². The van der Waals surface area contributed by atoms with Gasteiger partial charge in [0.25, 0.3) is 5.91 Å². The average molecular weight is 434 g/mol. The van der Waals surface area contributed by atoms with Gasteiger partial charge in [0.05, 0.1) is 12.0 Å². The van der Waals surface area contributed by atoms with Crippen molar-refractivity contribution in [1.82, 2.24) is 10.2 Å². The molecule has 0 aromatic heterocycles. The number of hydrogen-bond acceptors (Lipinski definition) is 3. The lowest BCUT2D eigenvalue weighted by Gasteiger charge is -2.32. The Kier molecular flexibility index (Phi) is 6.87. The van der Waals surface area contributed by atoms with E-state index in [0.717, 1.165) is 12.0 Å². The van der Waals surface area contributed by atoms with Gasteiger partial charge < -0.3 is 15.0 Å². The minimum Gasteiger partial charge on any atom is -0.406 e. The van der Waals surface area contributed by atoms with Crippen molar-refractivity contribution in [3.05, 3.63) is 65.2 Å². The average Bonchev–Trinajstić information content (AvgIpc) is 2.73. The second kappa shape index (κ2) is 9.41. The molecule has 166 valence electrons. The van der Waals surface area contributed by atoms with E-state index in [1.165, 1.54) is 24.3 Å². The number of piperidine rings is 1. The number of amides is 2. The second-order valence-corrected chi connectivity index (χ2v) is 7.80. The molecule has 2 atom stereocenters. The van der Waals surface area contributed by atoms with Gasteiger partial charge in [-0.25, -0.2) is 0 Å².